The lowest BCUT2D eigenvalue weighted by molar-refractivity contribution is -0.234. The molecule has 1 aliphatic carbocycles. The van der Waals surface area contributed by atoms with Crippen molar-refractivity contribution < 1.29 is 40.2 Å². The van der Waals surface area contributed by atoms with Crippen molar-refractivity contribution in [2.24, 2.45) is 5.73 Å². The summed E-state index contributed by atoms with van der Waals surface area (Å²) in [7, 11) is 0. The van der Waals surface area contributed by atoms with Gasteiger partial charge in [-0.15, -0.1) is 0 Å². The summed E-state index contributed by atoms with van der Waals surface area (Å²) in [5.74, 6) is -1.12. The molecule has 1 aliphatic rings. The van der Waals surface area contributed by atoms with Crippen LogP contribution >= 0.6 is 0 Å². The zero-order chi connectivity index (χ0) is 14.9. The largest absolute Gasteiger partial charge is 0.455 e. The molecular formula is C10H19NO8. The summed E-state index contributed by atoms with van der Waals surface area (Å²) in [4.78, 5) is 11.5. The molecule has 0 amide bonds. The zero-order valence-corrected chi connectivity index (χ0v) is 10.2. The highest BCUT2D eigenvalue weighted by Crippen LogP contribution is 2.24. The highest BCUT2D eigenvalue weighted by atomic mass is 16.6. The van der Waals surface area contributed by atoms with Gasteiger partial charge in [0.2, 0.25) is 0 Å². The molecule has 112 valence electrons. The maximum Gasteiger partial charge on any atom is 0.326 e. The van der Waals surface area contributed by atoms with E-state index in [0.29, 0.717) is 0 Å². The van der Waals surface area contributed by atoms with Gasteiger partial charge in [0.05, 0.1) is 6.10 Å². The molecule has 1 saturated carbocycles. The molecule has 8 atom stereocenters. The van der Waals surface area contributed by atoms with E-state index in [-0.39, 0.29) is 0 Å². The summed E-state index contributed by atoms with van der Waals surface area (Å²) in [6.07, 6.45) is -11.8. The van der Waals surface area contributed by atoms with Gasteiger partial charge in [0.25, 0.3) is 0 Å². The van der Waals surface area contributed by atoms with Crippen LogP contribution in [0.15, 0.2) is 0 Å². The van der Waals surface area contributed by atoms with Gasteiger partial charge in [-0.3, -0.25) is 4.79 Å². The van der Waals surface area contributed by atoms with Crippen LogP contribution in [0.4, 0.5) is 0 Å². The average Bonchev–Trinajstić information content (AvgIpc) is 2.37. The number of nitrogens with two attached hydrogens (primary N) is 1. The average molecular weight is 281 g/mol. The van der Waals surface area contributed by atoms with Crippen molar-refractivity contribution in [3.05, 3.63) is 0 Å². The Hall–Kier alpha value is -0.810. The first-order valence-electron chi connectivity index (χ1n) is 5.73. The Morgan fingerprint density at radius 1 is 1.00 bits per heavy atom. The van der Waals surface area contributed by atoms with E-state index < -0.39 is 54.7 Å². The predicted molar refractivity (Wildman–Crippen MR) is 59.6 cm³/mol. The molecule has 9 nitrogen and oxygen atoms in total. The first kappa shape index (κ1) is 16.2. The SMILES string of the molecule is C[C@@H](O)[C@H](N)C(=O)O[C@@H]1[C@@H](O)[C@H](O)[C@@H](O)[C@H](O)[C@@H]1O. The number of aliphatic hydroxyl groups excluding tert-OH is 6. The number of aliphatic hydroxyl groups is 6. The van der Waals surface area contributed by atoms with Gasteiger partial charge in [-0.05, 0) is 6.92 Å². The summed E-state index contributed by atoms with van der Waals surface area (Å²) in [5.41, 5.74) is 5.30. The van der Waals surface area contributed by atoms with Crippen molar-refractivity contribution in [1.82, 2.24) is 0 Å². The molecule has 1 fully saturated rings. The fraction of sp³-hybridized carbons (Fsp3) is 0.900. The van der Waals surface area contributed by atoms with Gasteiger partial charge in [0, 0.05) is 0 Å². The smallest absolute Gasteiger partial charge is 0.326 e. The molecule has 19 heavy (non-hydrogen) atoms. The molecule has 0 spiro atoms. The Labute approximate surface area is 108 Å². The Bertz CT molecular complexity index is 309. The van der Waals surface area contributed by atoms with E-state index in [9.17, 15) is 30.3 Å². The normalized spacial score (nSPS) is 42.5. The monoisotopic (exact) mass is 281 g/mol. The van der Waals surface area contributed by atoms with Gasteiger partial charge in [-0.2, -0.15) is 0 Å². The Kier molecular flexibility index (Phi) is 5.21. The molecule has 0 unspecified atom stereocenters. The van der Waals surface area contributed by atoms with Crippen LogP contribution in [-0.2, 0) is 9.53 Å². The lowest BCUT2D eigenvalue weighted by atomic mass is 9.85. The van der Waals surface area contributed by atoms with Gasteiger partial charge < -0.3 is 41.1 Å². The third kappa shape index (κ3) is 3.20. The minimum Gasteiger partial charge on any atom is -0.455 e. The number of carbonyl (C=O) groups is 1. The lowest BCUT2D eigenvalue weighted by Crippen LogP contribution is -2.65. The van der Waals surface area contributed by atoms with E-state index in [2.05, 4.69) is 4.74 Å². The lowest BCUT2D eigenvalue weighted by Gasteiger charge is -2.41. The first-order chi connectivity index (χ1) is 8.68. The second kappa shape index (κ2) is 6.09. The summed E-state index contributed by atoms with van der Waals surface area (Å²) in [6.45, 7) is 1.24. The quantitative estimate of drug-likeness (QED) is 0.251. The minimum absolute atomic E-state index is 1.12. The highest BCUT2D eigenvalue weighted by Gasteiger charge is 2.50. The van der Waals surface area contributed by atoms with Crippen LogP contribution in [0.25, 0.3) is 0 Å². The molecule has 8 N–H and O–H groups in total. The Morgan fingerprint density at radius 2 is 1.37 bits per heavy atom. The van der Waals surface area contributed by atoms with E-state index >= 15 is 0 Å². The summed E-state index contributed by atoms with van der Waals surface area (Å²) >= 11 is 0. The third-order valence-corrected chi connectivity index (χ3v) is 3.12. The second-order valence-electron chi connectivity index (χ2n) is 4.62. The van der Waals surface area contributed by atoms with E-state index in [1.807, 2.05) is 0 Å². The summed E-state index contributed by atoms with van der Waals surface area (Å²) in [6, 6.07) is -1.40. The van der Waals surface area contributed by atoms with Crippen molar-refractivity contribution in [3.63, 3.8) is 0 Å². The number of hydrogen-bond acceptors (Lipinski definition) is 9. The standard InChI is InChI=1S/C10H19NO8/c1-2(12)3(11)10(18)19-9-7(16)5(14)4(13)6(15)8(9)17/h2-9,12-17H,11H2,1H3/t2-,3+,4-,5-,6+,7+,8+,9-/m1/s1. The van der Waals surface area contributed by atoms with Crippen molar-refractivity contribution in [3.8, 4) is 0 Å². The van der Waals surface area contributed by atoms with Crippen LogP contribution in [0.5, 0.6) is 0 Å². The van der Waals surface area contributed by atoms with Crippen LogP contribution in [0.1, 0.15) is 6.92 Å². The number of carbonyl (C=O) groups excluding carboxylic acids is 1. The van der Waals surface area contributed by atoms with Gasteiger partial charge in [-0.25, -0.2) is 0 Å². The maximum absolute atomic E-state index is 11.5. The molecule has 0 aromatic heterocycles. The molecule has 0 radical (unpaired) electrons. The van der Waals surface area contributed by atoms with Gasteiger partial charge in [-0.1, -0.05) is 0 Å². The molecule has 0 bridgehead atoms. The van der Waals surface area contributed by atoms with Crippen molar-refractivity contribution >= 4 is 5.97 Å². The topological polar surface area (TPSA) is 174 Å². The molecule has 0 aromatic carbocycles. The number of ether oxygens (including phenoxy) is 1. The molecule has 0 heterocycles. The van der Waals surface area contributed by atoms with Crippen LogP contribution in [-0.4, -0.2) is 85.4 Å². The predicted octanol–water partition coefficient (Wildman–Crippen LogP) is -4.58. The third-order valence-electron chi connectivity index (χ3n) is 3.12. The molecule has 9 heteroatoms. The summed E-state index contributed by atoms with van der Waals surface area (Å²) < 4.78 is 4.67. The van der Waals surface area contributed by atoms with Gasteiger partial charge >= 0.3 is 5.97 Å². The maximum atomic E-state index is 11.5. The minimum atomic E-state index is -1.79. The molecule has 0 aromatic rings. The van der Waals surface area contributed by atoms with Crippen molar-refractivity contribution in [2.45, 2.75) is 55.7 Å². The van der Waals surface area contributed by atoms with Crippen molar-refractivity contribution in [1.29, 1.82) is 0 Å². The van der Waals surface area contributed by atoms with E-state index in [0.717, 1.165) is 0 Å². The van der Waals surface area contributed by atoms with Crippen LogP contribution in [0.2, 0.25) is 0 Å². The molecule has 0 saturated heterocycles. The Morgan fingerprint density at radius 3 is 1.74 bits per heavy atom. The second-order valence-corrected chi connectivity index (χ2v) is 4.62. The first-order valence-corrected chi connectivity index (χ1v) is 5.73. The van der Waals surface area contributed by atoms with Crippen LogP contribution in [0.3, 0.4) is 0 Å². The van der Waals surface area contributed by atoms with E-state index in [1.165, 1.54) is 6.92 Å². The zero-order valence-electron chi connectivity index (χ0n) is 10.2. The van der Waals surface area contributed by atoms with Crippen molar-refractivity contribution in [2.75, 3.05) is 0 Å². The number of hydrogen-bond donors (Lipinski definition) is 7. The van der Waals surface area contributed by atoms with Gasteiger partial charge in [0.1, 0.15) is 36.6 Å². The van der Waals surface area contributed by atoms with Crippen LogP contribution in [0, 0.1) is 0 Å². The molecule has 0 aliphatic heterocycles. The number of rotatable bonds is 3. The van der Waals surface area contributed by atoms with E-state index in [1.54, 1.807) is 0 Å². The fourth-order valence-corrected chi connectivity index (χ4v) is 1.75. The number of esters is 1. The van der Waals surface area contributed by atoms with Crippen LogP contribution < -0.4 is 5.73 Å². The fourth-order valence-electron chi connectivity index (χ4n) is 1.75. The molecule has 1 rings (SSSR count). The molecular weight excluding hydrogens is 262 g/mol. The Balaban J connectivity index is 2.78. The van der Waals surface area contributed by atoms with E-state index in [4.69, 9.17) is 10.8 Å². The van der Waals surface area contributed by atoms with Gasteiger partial charge in [0.15, 0.2) is 6.10 Å². The summed E-state index contributed by atoms with van der Waals surface area (Å²) in [5, 5.41) is 56.5. The highest BCUT2D eigenvalue weighted by molar-refractivity contribution is 5.76.